The molecule has 0 bridgehead atoms. The van der Waals surface area contributed by atoms with Crippen LogP contribution in [0.1, 0.15) is 20.8 Å². The maximum Gasteiger partial charge on any atom is 1.00 e. The molecule has 0 saturated heterocycles. The van der Waals surface area contributed by atoms with Crippen LogP contribution in [-0.4, -0.2) is 21.2 Å². The second-order valence-electron chi connectivity index (χ2n) is 4.52. The van der Waals surface area contributed by atoms with Gasteiger partial charge in [0.05, 0.1) is 5.60 Å². The van der Waals surface area contributed by atoms with Crippen LogP contribution in [0.4, 0.5) is 4.79 Å². The van der Waals surface area contributed by atoms with Crippen LogP contribution in [0, 0.1) is 6.20 Å². The van der Waals surface area contributed by atoms with E-state index in [2.05, 4.69) is 11.2 Å². The van der Waals surface area contributed by atoms with Crippen molar-refractivity contribution in [2.24, 2.45) is 0 Å². The first-order valence-electron chi connectivity index (χ1n) is 5.04. The summed E-state index contributed by atoms with van der Waals surface area (Å²) in [5.74, 6) is 0. The molecule has 0 atom stereocenters. The summed E-state index contributed by atoms with van der Waals surface area (Å²) < 4.78 is 6.63. The van der Waals surface area contributed by atoms with Gasteiger partial charge in [0.2, 0.25) is 0 Å². The van der Waals surface area contributed by atoms with E-state index in [4.69, 9.17) is 4.74 Å². The molecule has 2 aromatic heterocycles. The van der Waals surface area contributed by atoms with E-state index >= 15 is 0 Å². The number of hydrogen-bond donors (Lipinski definition) is 0. The van der Waals surface area contributed by atoms with Gasteiger partial charge in [0.15, 0.2) is 0 Å². The average Bonchev–Trinajstić information content (AvgIpc) is 2.58. The fourth-order valence-corrected chi connectivity index (χ4v) is 1.38. The van der Waals surface area contributed by atoms with E-state index in [0.29, 0.717) is 0 Å². The quantitative estimate of drug-likeness (QED) is 0.453. The number of aromatic nitrogens is 2. The number of carbonyl (C=O) groups excluding carboxylic acids is 1. The van der Waals surface area contributed by atoms with Gasteiger partial charge in [0.1, 0.15) is 0 Å². The van der Waals surface area contributed by atoms with E-state index in [1.54, 1.807) is 24.5 Å². The molecule has 0 saturated carbocycles. The molecule has 2 rings (SSSR count). The van der Waals surface area contributed by atoms with Gasteiger partial charge < -0.3 is 9.30 Å². The van der Waals surface area contributed by atoms with Crippen LogP contribution in [0.3, 0.4) is 0 Å². The van der Waals surface area contributed by atoms with Crippen molar-refractivity contribution >= 4 is 17.0 Å². The molecule has 17 heavy (non-hydrogen) atoms. The first-order chi connectivity index (χ1) is 7.47. The van der Waals surface area contributed by atoms with Crippen molar-refractivity contribution in [2.45, 2.75) is 26.4 Å². The molecule has 5 heteroatoms. The van der Waals surface area contributed by atoms with Crippen molar-refractivity contribution in [3.63, 3.8) is 0 Å². The van der Waals surface area contributed by atoms with Crippen LogP contribution in [0.2, 0.25) is 0 Å². The molecular weight excluding hydrogens is 211 g/mol. The molecule has 0 radical (unpaired) electrons. The molecule has 0 N–H and O–H groups in total. The molecule has 0 aliphatic rings. The molecule has 2 heterocycles. The third-order valence-electron chi connectivity index (χ3n) is 1.99. The summed E-state index contributed by atoms with van der Waals surface area (Å²) in [6, 6.07) is 3.47. The fourth-order valence-electron chi connectivity index (χ4n) is 1.38. The van der Waals surface area contributed by atoms with Gasteiger partial charge in [-0.15, -0.1) is 6.07 Å². The predicted octanol–water partition coefficient (Wildman–Crippen LogP) is -0.376. The second kappa shape index (κ2) is 4.95. The number of rotatable bonds is 0. The minimum atomic E-state index is -0.505. The van der Waals surface area contributed by atoms with Crippen LogP contribution in [-0.2, 0) is 4.74 Å². The Morgan fingerprint density at radius 3 is 2.82 bits per heavy atom. The maximum absolute atomic E-state index is 11.8. The minimum absolute atomic E-state index is 0. The van der Waals surface area contributed by atoms with Crippen molar-refractivity contribution in [2.75, 3.05) is 0 Å². The van der Waals surface area contributed by atoms with Crippen molar-refractivity contribution in [3.05, 3.63) is 30.7 Å². The van der Waals surface area contributed by atoms with Gasteiger partial charge in [-0.25, -0.2) is 0 Å². The van der Waals surface area contributed by atoms with E-state index in [1.165, 1.54) is 4.57 Å². The van der Waals surface area contributed by atoms with E-state index < -0.39 is 11.7 Å². The first kappa shape index (κ1) is 13.8. The molecule has 84 valence electrons. The van der Waals surface area contributed by atoms with Gasteiger partial charge in [-0.2, -0.15) is 0 Å². The zero-order valence-corrected chi connectivity index (χ0v) is 10.5. The van der Waals surface area contributed by atoms with Crippen LogP contribution < -0.4 is 18.9 Å². The molecule has 0 amide bonds. The van der Waals surface area contributed by atoms with Crippen LogP contribution in [0.25, 0.3) is 10.9 Å². The van der Waals surface area contributed by atoms with Crippen LogP contribution >= 0.6 is 0 Å². The minimum Gasteiger partial charge on any atom is -0.487 e. The fraction of sp³-hybridized carbons (Fsp3) is 0.333. The van der Waals surface area contributed by atoms with E-state index in [1.807, 2.05) is 20.8 Å². The smallest absolute Gasteiger partial charge is 0.487 e. The predicted molar refractivity (Wildman–Crippen MR) is 60.2 cm³/mol. The molecule has 4 nitrogen and oxygen atoms in total. The summed E-state index contributed by atoms with van der Waals surface area (Å²) >= 11 is 0. The number of fused-ring (bicyclic) bond motifs is 1. The summed E-state index contributed by atoms with van der Waals surface area (Å²) in [6.45, 7) is 5.49. The number of carbonyl (C=O) groups is 1. The Morgan fingerprint density at radius 1 is 1.47 bits per heavy atom. The molecule has 0 spiro atoms. The number of ether oxygens (including phenoxy) is 1. The third-order valence-corrected chi connectivity index (χ3v) is 1.99. The summed E-state index contributed by atoms with van der Waals surface area (Å²) in [7, 11) is 0. The van der Waals surface area contributed by atoms with Gasteiger partial charge in [-0.3, -0.25) is 9.78 Å². The van der Waals surface area contributed by atoms with Gasteiger partial charge in [-0.05, 0) is 27.0 Å². The number of nitrogens with zero attached hydrogens (tertiary/aromatic N) is 2. The number of pyridine rings is 1. The second-order valence-corrected chi connectivity index (χ2v) is 4.52. The monoisotopic (exact) mass is 224 g/mol. The summed E-state index contributed by atoms with van der Waals surface area (Å²) in [6.07, 6.45) is 5.74. The summed E-state index contributed by atoms with van der Waals surface area (Å²) in [5, 5.41) is 0.869. The molecule has 2 aromatic rings. The van der Waals surface area contributed by atoms with E-state index in [-0.39, 0.29) is 18.9 Å². The third kappa shape index (κ3) is 3.12. The standard InChI is InChI=1S/C12H13N2O2.Li/c1-12(2,3)16-11(15)14-7-5-9-8-13-6-4-10(9)14;/h4-6,8H,1-3H3;/q-1;+1. The Hall–Kier alpha value is -1.24. The average molecular weight is 224 g/mol. The van der Waals surface area contributed by atoms with Crippen molar-refractivity contribution < 1.29 is 28.4 Å². The normalized spacial score (nSPS) is 11.0. The van der Waals surface area contributed by atoms with Gasteiger partial charge in [0, 0.05) is 6.20 Å². The van der Waals surface area contributed by atoms with Gasteiger partial charge >= 0.3 is 25.0 Å². The Bertz CT molecular complexity index is 529. The molecule has 0 fully saturated rings. The van der Waals surface area contributed by atoms with Crippen LogP contribution in [0.5, 0.6) is 0 Å². The summed E-state index contributed by atoms with van der Waals surface area (Å²) in [5.41, 5.74) is 0.249. The summed E-state index contributed by atoms with van der Waals surface area (Å²) in [4.78, 5) is 15.8. The molecule has 0 unspecified atom stereocenters. The van der Waals surface area contributed by atoms with E-state index in [9.17, 15) is 4.79 Å². The van der Waals surface area contributed by atoms with Crippen molar-refractivity contribution in [3.8, 4) is 0 Å². The topological polar surface area (TPSA) is 44.1 Å². The van der Waals surface area contributed by atoms with Gasteiger partial charge in [-0.1, -0.05) is 23.2 Å². The first-order valence-corrected chi connectivity index (χ1v) is 5.04. The largest absolute Gasteiger partial charge is 1.00 e. The Labute approximate surface area is 112 Å². The van der Waals surface area contributed by atoms with Crippen molar-refractivity contribution in [1.29, 1.82) is 0 Å². The Morgan fingerprint density at radius 2 is 2.18 bits per heavy atom. The molecular formula is C12H13LiN2O2. The zero-order valence-electron chi connectivity index (χ0n) is 10.5. The Kier molecular flexibility index (Phi) is 4.02. The molecule has 0 aromatic carbocycles. The van der Waals surface area contributed by atoms with Crippen molar-refractivity contribution in [1.82, 2.24) is 9.55 Å². The SMILES string of the molecule is CC(C)(C)OC(=O)n1[c-]cc2cnccc21.[Li+]. The maximum atomic E-state index is 11.8. The van der Waals surface area contributed by atoms with E-state index in [0.717, 1.165) is 10.9 Å². The zero-order chi connectivity index (χ0) is 11.8. The molecule has 0 aliphatic heterocycles. The molecule has 0 aliphatic carbocycles. The van der Waals surface area contributed by atoms with Crippen LogP contribution in [0.15, 0.2) is 24.5 Å². The van der Waals surface area contributed by atoms with Gasteiger partial charge in [0.25, 0.3) is 0 Å². The Balaban J connectivity index is 0.00000144. The number of hydrogen-bond acceptors (Lipinski definition) is 3.